The minimum Gasteiger partial charge on any atom is -0.507 e. The van der Waals surface area contributed by atoms with Crippen LogP contribution in [0.1, 0.15) is 23.2 Å². The predicted molar refractivity (Wildman–Crippen MR) is 113 cm³/mol. The summed E-state index contributed by atoms with van der Waals surface area (Å²) in [5.41, 5.74) is 2.17. The first-order valence-electron chi connectivity index (χ1n) is 9.33. The number of ether oxygens (including phenoxy) is 1. The van der Waals surface area contributed by atoms with Gasteiger partial charge in [0, 0.05) is 30.1 Å². The number of phenols is 1. The maximum absolute atomic E-state index is 12.6. The number of aromatic nitrogens is 1. The number of halogens is 1. The third-order valence-electron chi connectivity index (χ3n) is 4.88. The van der Waals surface area contributed by atoms with Crippen molar-refractivity contribution >= 4 is 38.9 Å². The van der Waals surface area contributed by atoms with Crippen molar-refractivity contribution in [2.75, 3.05) is 32.8 Å². The Bertz CT molecular complexity index is 998. The van der Waals surface area contributed by atoms with Crippen LogP contribution < -0.4 is 0 Å². The molecule has 1 aliphatic heterocycles. The molecule has 0 unspecified atom stereocenters. The molecule has 0 aliphatic carbocycles. The van der Waals surface area contributed by atoms with Crippen molar-refractivity contribution in [3.63, 3.8) is 0 Å². The van der Waals surface area contributed by atoms with Crippen LogP contribution in [0.25, 0.3) is 20.8 Å². The number of Topliss-reactive ketones (excluding diaryl/α,β-unsaturated/α-hetero) is 1. The van der Waals surface area contributed by atoms with E-state index in [-0.39, 0.29) is 11.5 Å². The van der Waals surface area contributed by atoms with Gasteiger partial charge in [0.25, 0.3) is 0 Å². The standard InChI is InChI=1S/C21H21ClN2O3S/c22-15-4-5-16(19(26)13-15)21-23-17-6-3-14(12-20(17)28-21)18(25)2-1-7-24-8-10-27-11-9-24/h3-6,12-13,26H,1-2,7-11H2. The van der Waals surface area contributed by atoms with Crippen LogP contribution in [-0.2, 0) is 4.74 Å². The molecule has 0 spiro atoms. The summed E-state index contributed by atoms with van der Waals surface area (Å²) in [4.78, 5) is 19.5. The molecule has 5 nitrogen and oxygen atoms in total. The number of nitrogens with zero attached hydrogens (tertiary/aromatic N) is 2. The van der Waals surface area contributed by atoms with Gasteiger partial charge >= 0.3 is 0 Å². The van der Waals surface area contributed by atoms with Gasteiger partial charge in [-0.3, -0.25) is 9.69 Å². The van der Waals surface area contributed by atoms with Gasteiger partial charge in [0.2, 0.25) is 0 Å². The Labute approximate surface area is 172 Å². The molecular formula is C21H21ClN2O3S. The molecule has 1 saturated heterocycles. The molecule has 1 N–H and O–H groups in total. The Morgan fingerprint density at radius 1 is 1.21 bits per heavy atom. The number of carbonyl (C=O) groups excluding carboxylic acids is 1. The number of phenolic OH excluding ortho intramolecular Hbond substituents is 1. The van der Waals surface area contributed by atoms with Crippen molar-refractivity contribution in [2.45, 2.75) is 12.8 Å². The molecule has 1 aliphatic rings. The van der Waals surface area contributed by atoms with Crippen LogP contribution >= 0.6 is 22.9 Å². The van der Waals surface area contributed by atoms with E-state index in [2.05, 4.69) is 9.88 Å². The van der Waals surface area contributed by atoms with E-state index in [1.54, 1.807) is 12.1 Å². The van der Waals surface area contributed by atoms with Gasteiger partial charge in [-0.1, -0.05) is 11.6 Å². The second kappa shape index (κ2) is 8.57. The summed E-state index contributed by atoms with van der Waals surface area (Å²) < 4.78 is 6.28. The number of benzene rings is 2. The third kappa shape index (κ3) is 4.36. The highest BCUT2D eigenvalue weighted by Crippen LogP contribution is 2.36. The highest BCUT2D eigenvalue weighted by molar-refractivity contribution is 7.21. The first-order chi connectivity index (χ1) is 13.6. The van der Waals surface area contributed by atoms with Crippen molar-refractivity contribution < 1.29 is 14.6 Å². The van der Waals surface area contributed by atoms with Gasteiger partial charge < -0.3 is 9.84 Å². The van der Waals surface area contributed by atoms with E-state index < -0.39 is 0 Å². The number of morpholine rings is 1. The van der Waals surface area contributed by atoms with E-state index >= 15 is 0 Å². The Balaban J connectivity index is 1.45. The highest BCUT2D eigenvalue weighted by Gasteiger charge is 2.14. The molecule has 2 aromatic carbocycles. The van der Waals surface area contributed by atoms with Crippen LogP contribution in [0.3, 0.4) is 0 Å². The maximum atomic E-state index is 12.6. The summed E-state index contributed by atoms with van der Waals surface area (Å²) in [6, 6.07) is 10.6. The van der Waals surface area contributed by atoms with Gasteiger partial charge in [-0.25, -0.2) is 4.98 Å². The van der Waals surface area contributed by atoms with E-state index in [0.29, 0.717) is 27.6 Å². The van der Waals surface area contributed by atoms with Crippen LogP contribution in [0.2, 0.25) is 5.02 Å². The summed E-state index contributed by atoms with van der Waals surface area (Å²) in [6.45, 7) is 4.38. The lowest BCUT2D eigenvalue weighted by atomic mass is 10.1. The summed E-state index contributed by atoms with van der Waals surface area (Å²) in [5.74, 6) is 0.255. The average Bonchev–Trinajstić information content (AvgIpc) is 3.11. The normalized spacial score (nSPS) is 15.2. The first kappa shape index (κ1) is 19.3. The molecule has 7 heteroatoms. The van der Waals surface area contributed by atoms with Crippen LogP contribution in [0.15, 0.2) is 36.4 Å². The van der Waals surface area contributed by atoms with E-state index in [4.69, 9.17) is 16.3 Å². The largest absolute Gasteiger partial charge is 0.507 e. The first-order valence-corrected chi connectivity index (χ1v) is 10.5. The molecule has 0 atom stereocenters. The number of fused-ring (bicyclic) bond motifs is 1. The average molecular weight is 417 g/mol. The monoisotopic (exact) mass is 416 g/mol. The summed E-state index contributed by atoms with van der Waals surface area (Å²) >= 11 is 7.37. The number of aromatic hydroxyl groups is 1. The van der Waals surface area contributed by atoms with E-state index in [0.717, 1.165) is 49.5 Å². The minimum atomic E-state index is 0.103. The van der Waals surface area contributed by atoms with Gasteiger partial charge in [-0.2, -0.15) is 0 Å². The van der Waals surface area contributed by atoms with Gasteiger partial charge in [0.05, 0.1) is 29.0 Å². The number of ketones is 1. The van der Waals surface area contributed by atoms with Gasteiger partial charge in [0.15, 0.2) is 5.78 Å². The lowest BCUT2D eigenvalue weighted by Gasteiger charge is -2.26. The zero-order valence-electron chi connectivity index (χ0n) is 15.4. The molecule has 3 aromatic rings. The molecule has 4 rings (SSSR count). The smallest absolute Gasteiger partial charge is 0.162 e. The van der Waals surface area contributed by atoms with Crippen LogP contribution in [-0.4, -0.2) is 53.6 Å². The minimum absolute atomic E-state index is 0.103. The molecule has 28 heavy (non-hydrogen) atoms. The van der Waals surface area contributed by atoms with Gasteiger partial charge in [-0.15, -0.1) is 11.3 Å². The Kier molecular flexibility index (Phi) is 5.92. The summed E-state index contributed by atoms with van der Waals surface area (Å²) in [5, 5.41) is 11.3. The fraction of sp³-hybridized carbons (Fsp3) is 0.333. The van der Waals surface area contributed by atoms with E-state index in [1.165, 1.54) is 17.4 Å². The van der Waals surface area contributed by atoms with Crippen molar-refractivity contribution in [2.24, 2.45) is 0 Å². The van der Waals surface area contributed by atoms with Gasteiger partial charge in [0.1, 0.15) is 10.8 Å². The van der Waals surface area contributed by atoms with E-state index in [9.17, 15) is 9.90 Å². The molecule has 146 valence electrons. The van der Waals surface area contributed by atoms with Gasteiger partial charge in [-0.05, 0) is 49.4 Å². The number of rotatable bonds is 6. The number of thiazole rings is 1. The summed E-state index contributed by atoms with van der Waals surface area (Å²) in [7, 11) is 0. The predicted octanol–water partition coefficient (Wildman–Crippen LogP) is 4.62. The topological polar surface area (TPSA) is 62.7 Å². The van der Waals surface area contributed by atoms with Crippen LogP contribution in [0, 0.1) is 0 Å². The molecule has 2 heterocycles. The number of hydrogen-bond donors (Lipinski definition) is 1. The molecular weight excluding hydrogens is 396 g/mol. The highest BCUT2D eigenvalue weighted by atomic mass is 35.5. The van der Waals surface area contributed by atoms with Crippen molar-refractivity contribution in [3.8, 4) is 16.3 Å². The molecule has 1 fully saturated rings. The lowest BCUT2D eigenvalue weighted by molar-refractivity contribution is 0.0371. The van der Waals surface area contributed by atoms with Crippen LogP contribution in [0.4, 0.5) is 0 Å². The number of carbonyl (C=O) groups is 1. The van der Waals surface area contributed by atoms with E-state index in [1.807, 2.05) is 18.2 Å². The Morgan fingerprint density at radius 2 is 2.04 bits per heavy atom. The zero-order valence-corrected chi connectivity index (χ0v) is 16.9. The van der Waals surface area contributed by atoms with Crippen molar-refractivity contribution in [3.05, 3.63) is 47.0 Å². The second-order valence-corrected chi connectivity index (χ2v) is 8.31. The second-order valence-electron chi connectivity index (χ2n) is 6.84. The Morgan fingerprint density at radius 3 is 2.82 bits per heavy atom. The van der Waals surface area contributed by atoms with Crippen LogP contribution in [0.5, 0.6) is 5.75 Å². The number of hydrogen-bond acceptors (Lipinski definition) is 6. The van der Waals surface area contributed by atoms with Crippen molar-refractivity contribution in [1.82, 2.24) is 9.88 Å². The molecule has 0 amide bonds. The summed E-state index contributed by atoms with van der Waals surface area (Å²) in [6.07, 6.45) is 1.38. The zero-order chi connectivity index (χ0) is 19.5. The molecule has 0 bridgehead atoms. The quantitative estimate of drug-likeness (QED) is 0.594. The fourth-order valence-electron chi connectivity index (χ4n) is 3.33. The third-order valence-corrected chi connectivity index (χ3v) is 6.17. The molecule has 1 aromatic heterocycles. The molecule has 0 radical (unpaired) electrons. The fourth-order valence-corrected chi connectivity index (χ4v) is 4.54. The molecule has 0 saturated carbocycles. The lowest BCUT2D eigenvalue weighted by Crippen LogP contribution is -2.36. The Hall–Kier alpha value is -1.99. The maximum Gasteiger partial charge on any atom is 0.162 e. The SMILES string of the molecule is O=C(CCCN1CCOCC1)c1ccc2nc(-c3ccc(Cl)cc3O)sc2c1. The van der Waals surface area contributed by atoms with Crippen molar-refractivity contribution in [1.29, 1.82) is 0 Å².